The molecule has 31 heavy (non-hydrogen) atoms. The predicted octanol–water partition coefficient (Wildman–Crippen LogP) is 3.82. The summed E-state index contributed by atoms with van der Waals surface area (Å²) in [5, 5.41) is 7.85. The molecule has 0 radical (unpaired) electrons. The molecule has 1 aliphatic heterocycles. The van der Waals surface area contributed by atoms with Crippen LogP contribution in [0.15, 0.2) is 54.7 Å². The van der Waals surface area contributed by atoms with Gasteiger partial charge in [-0.15, -0.1) is 0 Å². The minimum Gasteiger partial charge on any atom is -0.362 e. The van der Waals surface area contributed by atoms with Crippen molar-refractivity contribution in [1.29, 1.82) is 0 Å². The van der Waals surface area contributed by atoms with E-state index in [0.29, 0.717) is 28.6 Å². The van der Waals surface area contributed by atoms with Crippen LogP contribution in [0.2, 0.25) is 0 Å². The Morgan fingerprint density at radius 3 is 2.87 bits per heavy atom. The molecule has 1 unspecified atom stereocenters. The zero-order valence-electron chi connectivity index (χ0n) is 17.7. The molecule has 1 fully saturated rings. The van der Waals surface area contributed by atoms with Crippen LogP contribution in [0.25, 0.3) is 10.9 Å². The van der Waals surface area contributed by atoms with E-state index in [0.717, 1.165) is 25.9 Å². The number of carbonyl (C=O) groups is 1. The second-order valence-corrected chi connectivity index (χ2v) is 9.28. The van der Waals surface area contributed by atoms with Crippen molar-refractivity contribution in [2.45, 2.75) is 31.2 Å². The summed E-state index contributed by atoms with van der Waals surface area (Å²) in [7, 11) is 2.26. The first kappa shape index (κ1) is 20.2. The molecule has 160 valence electrons. The smallest absolute Gasteiger partial charge is 0.257 e. The van der Waals surface area contributed by atoms with E-state index in [2.05, 4.69) is 52.0 Å². The first-order valence-electron chi connectivity index (χ1n) is 11.0. The SMILES string of the molecule is CN1C[C@H](CCNC(=S)NC(=O)c2ccccc2)CC2c3cccc4[nH]cc(c34)C[C@H]21. The Morgan fingerprint density at radius 2 is 2.03 bits per heavy atom. The van der Waals surface area contributed by atoms with Crippen molar-refractivity contribution in [2.24, 2.45) is 5.92 Å². The summed E-state index contributed by atoms with van der Waals surface area (Å²) in [5.74, 6) is 0.999. The molecule has 0 saturated carbocycles. The van der Waals surface area contributed by atoms with Crippen molar-refractivity contribution >= 4 is 34.1 Å². The van der Waals surface area contributed by atoms with E-state index in [9.17, 15) is 4.79 Å². The number of H-pyrrole nitrogens is 1. The summed E-state index contributed by atoms with van der Waals surface area (Å²) < 4.78 is 0. The van der Waals surface area contributed by atoms with Gasteiger partial charge >= 0.3 is 0 Å². The Hall–Kier alpha value is -2.70. The van der Waals surface area contributed by atoms with E-state index in [1.54, 1.807) is 12.1 Å². The highest BCUT2D eigenvalue weighted by atomic mass is 32.1. The number of likely N-dealkylation sites (tertiary alicyclic amines) is 1. The van der Waals surface area contributed by atoms with Crippen LogP contribution in [0.1, 0.15) is 40.2 Å². The lowest BCUT2D eigenvalue weighted by atomic mass is 9.72. The van der Waals surface area contributed by atoms with E-state index in [4.69, 9.17) is 12.2 Å². The highest BCUT2D eigenvalue weighted by Gasteiger charge is 2.39. The van der Waals surface area contributed by atoms with Crippen molar-refractivity contribution in [3.63, 3.8) is 0 Å². The monoisotopic (exact) mass is 432 g/mol. The highest BCUT2D eigenvalue weighted by Crippen LogP contribution is 2.44. The van der Waals surface area contributed by atoms with Gasteiger partial charge in [0.25, 0.3) is 5.91 Å². The molecule has 1 aromatic heterocycles. The van der Waals surface area contributed by atoms with Crippen LogP contribution in [0.4, 0.5) is 0 Å². The van der Waals surface area contributed by atoms with Gasteiger partial charge in [-0.25, -0.2) is 0 Å². The van der Waals surface area contributed by atoms with Gasteiger partial charge in [-0.05, 0) is 73.8 Å². The molecule has 0 bridgehead atoms. The predicted molar refractivity (Wildman–Crippen MR) is 128 cm³/mol. The summed E-state index contributed by atoms with van der Waals surface area (Å²) >= 11 is 5.33. The summed E-state index contributed by atoms with van der Waals surface area (Å²) in [4.78, 5) is 18.2. The van der Waals surface area contributed by atoms with Gasteiger partial charge in [0.1, 0.15) is 0 Å². The van der Waals surface area contributed by atoms with Crippen LogP contribution < -0.4 is 10.6 Å². The fourth-order valence-electron chi connectivity index (χ4n) is 5.46. The van der Waals surface area contributed by atoms with Gasteiger partial charge in [-0.1, -0.05) is 30.3 Å². The van der Waals surface area contributed by atoms with Crippen LogP contribution >= 0.6 is 12.2 Å². The number of nitrogens with zero attached hydrogens (tertiary/aromatic N) is 1. The summed E-state index contributed by atoms with van der Waals surface area (Å²) in [5.41, 5.74) is 4.83. The third-order valence-corrected chi connectivity index (χ3v) is 7.16. The normalized spacial score (nSPS) is 22.7. The molecule has 2 aliphatic rings. The molecule has 1 saturated heterocycles. The Balaban J connectivity index is 1.19. The van der Waals surface area contributed by atoms with Crippen molar-refractivity contribution in [3.05, 3.63) is 71.4 Å². The van der Waals surface area contributed by atoms with Crippen molar-refractivity contribution in [2.75, 3.05) is 20.1 Å². The number of carbonyl (C=O) groups excluding carboxylic acids is 1. The van der Waals surface area contributed by atoms with E-state index in [1.165, 1.54) is 28.5 Å². The van der Waals surface area contributed by atoms with Gasteiger partial charge in [0.2, 0.25) is 0 Å². The molecule has 3 atom stereocenters. The second kappa shape index (κ2) is 8.44. The number of aromatic nitrogens is 1. The third kappa shape index (κ3) is 3.98. The van der Waals surface area contributed by atoms with E-state index >= 15 is 0 Å². The molecule has 2 aromatic carbocycles. The second-order valence-electron chi connectivity index (χ2n) is 8.87. The molecule has 0 spiro atoms. The lowest BCUT2D eigenvalue weighted by molar-refractivity contribution is 0.0976. The fraction of sp³-hybridized carbons (Fsp3) is 0.360. The zero-order chi connectivity index (χ0) is 21.4. The summed E-state index contributed by atoms with van der Waals surface area (Å²) in [6, 6.07) is 16.4. The third-order valence-electron chi connectivity index (χ3n) is 6.91. The number of hydrogen-bond donors (Lipinski definition) is 3. The molecule has 5 nitrogen and oxygen atoms in total. The van der Waals surface area contributed by atoms with Crippen molar-refractivity contribution < 1.29 is 4.79 Å². The Bertz CT molecular complexity index is 1110. The number of benzene rings is 2. The maximum atomic E-state index is 12.2. The molecule has 1 aliphatic carbocycles. The molecule has 3 N–H and O–H groups in total. The lowest BCUT2D eigenvalue weighted by Gasteiger charge is -2.45. The number of fused-ring (bicyclic) bond motifs is 2. The van der Waals surface area contributed by atoms with E-state index < -0.39 is 0 Å². The molecule has 6 heteroatoms. The number of thiocarbonyl (C=S) groups is 1. The van der Waals surface area contributed by atoms with Crippen LogP contribution in [0.3, 0.4) is 0 Å². The number of amides is 1. The van der Waals surface area contributed by atoms with E-state index in [-0.39, 0.29) is 5.91 Å². The number of rotatable bonds is 4. The minimum atomic E-state index is -0.170. The van der Waals surface area contributed by atoms with Gasteiger partial charge in [0.05, 0.1) is 0 Å². The summed E-state index contributed by atoms with van der Waals surface area (Å²) in [6.07, 6.45) is 5.55. The molecule has 1 amide bonds. The van der Waals surface area contributed by atoms with Crippen molar-refractivity contribution in [1.82, 2.24) is 20.5 Å². The molecular weight excluding hydrogens is 404 g/mol. The fourth-order valence-corrected chi connectivity index (χ4v) is 5.66. The maximum Gasteiger partial charge on any atom is 0.257 e. The lowest BCUT2D eigenvalue weighted by Crippen LogP contribution is -2.48. The first-order valence-corrected chi connectivity index (χ1v) is 11.4. The van der Waals surface area contributed by atoms with Crippen molar-refractivity contribution in [3.8, 4) is 0 Å². The Kier molecular flexibility index (Phi) is 5.50. The van der Waals surface area contributed by atoms with Gasteiger partial charge < -0.3 is 15.2 Å². The van der Waals surface area contributed by atoms with Gasteiger partial charge in [-0.3, -0.25) is 10.1 Å². The van der Waals surface area contributed by atoms with Gasteiger partial charge in [-0.2, -0.15) is 0 Å². The van der Waals surface area contributed by atoms with Crippen LogP contribution in [0.5, 0.6) is 0 Å². The maximum absolute atomic E-state index is 12.2. The summed E-state index contributed by atoms with van der Waals surface area (Å²) in [6.45, 7) is 1.87. The highest BCUT2D eigenvalue weighted by molar-refractivity contribution is 7.80. The number of nitrogens with one attached hydrogen (secondary N) is 3. The molecule has 5 rings (SSSR count). The van der Waals surface area contributed by atoms with Crippen LogP contribution in [0, 0.1) is 5.92 Å². The van der Waals surface area contributed by atoms with Crippen LogP contribution in [-0.2, 0) is 6.42 Å². The van der Waals surface area contributed by atoms with E-state index in [1.807, 2.05) is 18.2 Å². The topological polar surface area (TPSA) is 60.2 Å². The number of aromatic amines is 1. The number of hydrogen-bond acceptors (Lipinski definition) is 3. The largest absolute Gasteiger partial charge is 0.362 e. The molecular formula is C25H28N4OS. The Labute approximate surface area is 188 Å². The number of piperidine rings is 1. The first-order chi connectivity index (χ1) is 15.1. The van der Waals surface area contributed by atoms with Crippen LogP contribution in [-0.4, -0.2) is 47.1 Å². The Morgan fingerprint density at radius 1 is 1.19 bits per heavy atom. The number of likely N-dealkylation sites (N-methyl/N-ethyl adjacent to an activating group) is 1. The minimum absolute atomic E-state index is 0.170. The van der Waals surface area contributed by atoms with Gasteiger partial charge in [0, 0.05) is 47.7 Å². The average molecular weight is 433 g/mol. The molecule has 2 heterocycles. The molecule has 3 aromatic rings. The average Bonchev–Trinajstić information content (AvgIpc) is 3.19. The zero-order valence-corrected chi connectivity index (χ0v) is 18.5. The quantitative estimate of drug-likeness (QED) is 0.549. The standard InChI is InChI=1S/C25H28N4OS/c1-29-15-16(10-11-26-25(31)28-24(30)17-6-3-2-4-7-17)12-20-19-8-5-9-21-23(19)18(14-27-21)13-22(20)29/h2-9,14,16,20,22,27H,10-13,15H2,1H3,(H2,26,28,30,31)/t16-,20?,22-/m1/s1. The van der Waals surface area contributed by atoms with Gasteiger partial charge in [0.15, 0.2) is 5.11 Å².